The van der Waals surface area contributed by atoms with Crippen molar-refractivity contribution in [3.63, 3.8) is 0 Å². The lowest BCUT2D eigenvalue weighted by molar-refractivity contribution is 0.202. The second-order valence-corrected chi connectivity index (χ2v) is 7.85. The summed E-state index contributed by atoms with van der Waals surface area (Å²) in [4.78, 5) is 7.09. The van der Waals surface area contributed by atoms with Crippen LogP contribution >= 0.6 is 0 Å². The molecule has 2 aromatic heterocycles. The van der Waals surface area contributed by atoms with Crippen LogP contribution in [0.4, 0.5) is 0 Å². The van der Waals surface area contributed by atoms with E-state index >= 15 is 0 Å². The summed E-state index contributed by atoms with van der Waals surface area (Å²) in [5, 5.41) is 18.1. The molecule has 0 radical (unpaired) electrons. The molecular weight excluding hydrogens is 376 g/mol. The third-order valence-electron chi connectivity index (χ3n) is 5.59. The van der Waals surface area contributed by atoms with Gasteiger partial charge in [0, 0.05) is 44.4 Å². The predicted molar refractivity (Wildman–Crippen MR) is 118 cm³/mol. The van der Waals surface area contributed by atoms with Crippen molar-refractivity contribution in [2.75, 3.05) is 26.8 Å². The summed E-state index contributed by atoms with van der Waals surface area (Å²) in [7, 11) is 1.69. The molecule has 3 aromatic rings. The molecule has 7 heteroatoms. The topological polar surface area (TPSA) is 104 Å². The van der Waals surface area contributed by atoms with Gasteiger partial charge in [0.25, 0.3) is 0 Å². The van der Waals surface area contributed by atoms with Crippen LogP contribution in [-0.2, 0) is 17.7 Å². The molecule has 156 valence electrons. The highest BCUT2D eigenvalue weighted by molar-refractivity contribution is 5.98. The van der Waals surface area contributed by atoms with E-state index in [1.54, 1.807) is 17.7 Å². The number of likely N-dealkylation sites (tertiary alicyclic amines) is 1. The minimum atomic E-state index is 0.198. The van der Waals surface area contributed by atoms with Gasteiger partial charge in [-0.15, -0.1) is 0 Å². The van der Waals surface area contributed by atoms with Crippen LogP contribution in [0, 0.1) is 10.8 Å². The zero-order valence-corrected chi connectivity index (χ0v) is 17.3. The molecule has 0 saturated carbocycles. The number of hydrogen-bond donors (Lipinski definition) is 3. The van der Waals surface area contributed by atoms with Gasteiger partial charge in [-0.25, -0.2) is 4.98 Å². The smallest absolute Gasteiger partial charge is 0.156 e. The maximum atomic E-state index is 8.73. The number of para-hydroxylation sites is 1. The molecule has 30 heavy (non-hydrogen) atoms. The van der Waals surface area contributed by atoms with E-state index < -0.39 is 0 Å². The van der Waals surface area contributed by atoms with E-state index in [1.165, 1.54) is 0 Å². The lowest BCUT2D eigenvalue weighted by Gasteiger charge is -2.17. The first-order chi connectivity index (χ1) is 14.5. The lowest BCUT2D eigenvalue weighted by Crippen LogP contribution is -2.29. The second kappa shape index (κ2) is 8.87. The number of pyridine rings is 2. The van der Waals surface area contributed by atoms with Gasteiger partial charge in [0.15, 0.2) is 5.84 Å². The fourth-order valence-electron chi connectivity index (χ4n) is 3.97. The summed E-state index contributed by atoms with van der Waals surface area (Å²) in [6, 6.07) is 13.9. The fraction of sp³-hybridized carbons (Fsp3) is 0.348. The highest BCUT2D eigenvalue weighted by atomic mass is 16.5. The summed E-state index contributed by atoms with van der Waals surface area (Å²) >= 11 is 0. The molecule has 1 aliphatic rings. The first-order valence-corrected chi connectivity index (χ1v) is 10.3. The zero-order valence-electron chi connectivity index (χ0n) is 17.3. The van der Waals surface area contributed by atoms with Crippen LogP contribution in [0.2, 0.25) is 0 Å². The number of fused-ring (bicyclic) bond motifs is 1. The van der Waals surface area contributed by atoms with Crippen molar-refractivity contribution in [3.05, 3.63) is 71.0 Å². The Bertz CT molecular complexity index is 1120. The van der Waals surface area contributed by atoms with Crippen LogP contribution in [0.5, 0.6) is 0 Å². The Morgan fingerprint density at radius 2 is 2.10 bits per heavy atom. The van der Waals surface area contributed by atoms with Crippen LogP contribution in [0.1, 0.15) is 23.2 Å². The maximum absolute atomic E-state index is 8.73. The van der Waals surface area contributed by atoms with Crippen molar-refractivity contribution < 1.29 is 4.74 Å². The summed E-state index contributed by atoms with van der Waals surface area (Å²) in [5.41, 5.74) is 9.86. The number of rotatable bonds is 6. The van der Waals surface area contributed by atoms with E-state index in [0.717, 1.165) is 54.5 Å². The molecule has 1 fully saturated rings. The van der Waals surface area contributed by atoms with E-state index in [1.807, 2.05) is 42.6 Å². The van der Waals surface area contributed by atoms with Gasteiger partial charge in [-0.2, -0.15) is 0 Å². The molecule has 4 N–H and O–H groups in total. The molecule has 0 bridgehead atoms. The Kier molecular flexibility index (Phi) is 6.03. The van der Waals surface area contributed by atoms with Crippen molar-refractivity contribution in [2.45, 2.75) is 25.4 Å². The molecule has 3 heterocycles. The third-order valence-corrected chi connectivity index (χ3v) is 5.59. The number of nitrogens with one attached hydrogen (secondary N) is 2. The van der Waals surface area contributed by atoms with Crippen molar-refractivity contribution >= 4 is 16.7 Å². The first-order valence-electron chi connectivity index (χ1n) is 10.3. The second-order valence-electron chi connectivity index (χ2n) is 7.85. The number of methoxy groups -OCH3 is 1. The molecular formula is C23H28N6O. The number of nitrogens with two attached hydrogens (primary N) is 1. The van der Waals surface area contributed by atoms with Crippen LogP contribution in [0.25, 0.3) is 10.9 Å². The lowest BCUT2D eigenvalue weighted by atomic mass is 10.1. The van der Waals surface area contributed by atoms with Crippen LogP contribution in [-0.4, -0.2) is 53.1 Å². The fourth-order valence-corrected chi connectivity index (χ4v) is 3.97. The van der Waals surface area contributed by atoms with Crippen LogP contribution < -0.4 is 11.2 Å². The number of ether oxygens (including phenoxy) is 1. The standard InChI is InChI=1S/C23H28N6O/c1-30-12-10-18-4-2-3-17-6-7-20(27-22(17)18)23(26)29-14-16(5-8-21(29)25)13-28-11-9-19(24)15-28/h2-8,14,19,25-26H,9-13,15,24H2,1H3. The quantitative estimate of drug-likeness (QED) is 0.432. The SMILES string of the molecule is COCCc1cccc2ccc(C(=N)n3cc(CN4CCC(N)C4)ccc3=N)nc12. The summed E-state index contributed by atoms with van der Waals surface area (Å²) < 4.78 is 6.82. The Balaban J connectivity index is 1.64. The highest BCUT2D eigenvalue weighted by Gasteiger charge is 2.19. The van der Waals surface area contributed by atoms with Gasteiger partial charge in [0.05, 0.1) is 12.1 Å². The molecule has 1 aromatic carbocycles. The van der Waals surface area contributed by atoms with Gasteiger partial charge in [-0.05, 0) is 36.1 Å². The Labute approximate surface area is 176 Å². The summed E-state index contributed by atoms with van der Waals surface area (Å²) in [6.07, 6.45) is 3.65. The van der Waals surface area contributed by atoms with Crippen molar-refractivity contribution in [2.24, 2.45) is 5.73 Å². The maximum Gasteiger partial charge on any atom is 0.156 e. The largest absolute Gasteiger partial charge is 0.384 e. The average Bonchev–Trinajstić information content (AvgIpc) is 3.17. The summed E-state index contributed by atoms with van der Waals surface area (Å²) in [6.45, 7) is 3.26. The van der Waals surface area contributed by atoms with E-state index in [2.05, 4.69) is 4.90 Å². The molecule has 1 saturated heterocycles. The monoisotopic (exact) mass is 404 g/mol. The van der Waals surface area contributed by atoms with Gasteiger partial charge in [-0.1, -0.05) is 30.3 Å². The van der Waals surface area contributed by atoms with E-state index in [-0.39, 0.29) is 17.4 Å². The Hall–Kier alpha value is -2.87. The van der Waals surface area contributed by atoms with Gasteiger partial charge in [-0.3, -0.25) is 20.3 Å². The van der Waals surface area contributed by atoms with Crippen molar-refractivity contribution in [1.82, 2.24) is 14.5 Å². The molecule has 0 amide bonds. The number of hydrogen-bond acceptors (Lipinski definition) is 6. The number of nitrogens with zero attached hydrogens (tertiary/aromatic N) is 3. The molecule has 0 aliphatic carbocycles. The van der Waals surface area contributed by atoms with Crippen LogP contribution in [0.3, 0.4) is 0 Å². The minimum absolute atomic E-state index is 0.198. The van der Waals surface area contributed by atoms with E-state index in [4.69, 9.17) is 26.3 Å². The van der Waals surface area contributed by atoms with Gasteiger partial charge < -0.3 is 10.5 Å². The minimum Gasteiger partial charge on any atom is -0.384 e. The first kappa shape index (κ1) is 20.4. The normalized spacial score (nSPS) is 16.9. The predicted octanol–water partition coefficient (Wildman–Crippen LogP) is 2.11. The highest BCUT2D eigenvalue weighted by Crippen LogP contribution is 2.19. The molecule has 1 unspecified atom stereocenters. The average molecular weight is 405 g/mol. The third kappa shape index (κ3) is 4.33. The van der Waals surface area contributed by atoms with Gasteiger partial charge in [0.1, 0.15) is 11.2 Å². The molecule has 1 atom stereocenters. The molecule has 4 rings (SSSR count). The van der Waals surface area contributed by atoms with Crippen molar-refractivity contribution in [3.8, 4) is 0 Å². The van der Waals surface area contributed by atoms with Crippen molar-refractivity contribution in [1.29, 1.82) is 10.8 Å². The number of benzene rings is 1. The zero-order chi connectivity index (χ0) is 21.1. The van der Waals surface area contributed by atoms with E-state index in [9.17, 15) is 0 Å². The molecule has 7 nitrogen and oxygen atoms in total. The van der Waals surface area contributed by atoms with E-state index in [0.29, 0.717) is 12.3 Å². The van der Waals surface area contributed by atoms with Gasteiger partial charge in [0.2, 0.25) is 0 Å². The molecule has 1 aliphatic heterocycles. The Morgan fingerprint density at radius 1 is 1.23 bits per heavy atom. The summed E-state index contributed by atoms with van der Waals surface area (Å²) in [5.74, 6) is 0.198. The molecule has 0 spiro atoms. The number of aromatic nitrogens is 2. The van der Waals surface area contributed by atoms with Gasteiger partial charge >= 0.3 is 0 Å². The Morgan fingerprint density at radius 3 is 2.87 bits per heavy atom. The van der Waals surface area contributed by atoms with Crippen LogP contribution in [0.15, 0.2) is 48.7 Å².